The number of hydrogen-bond donors (Lipinski definition) is 1. The van der Waals surface area contributed by atoms with Crippen LogP contribution >= 0.6 is 0 Å². The van der Waals surface area contributed by atoms with Crippen LogP contribution in [0, 0.1) is 13.8 Å². The lowest BCUT2D eigenvalue weighted by atomic mass is 10.0. The number of aryl methyl sites for hydroxylation is 2. The van der Waals surface area contributed by atoms with Crippen molar-refractivity contribution >= 4 is 5.97 Å². The molecule has 0 aliphatic heterocycles. The zero-order valence-corrected chi connectivity index (χ0v) is 12.4. The maximum Gasteiger partial charge on any atom is 0.356 e. The normalized spacial score (nSPS) is 10.6. The van der Waals surface area contributed by atoms with Gasteiger partial charge in [-0.2, -0.15) is 5.10 Å². The molecule has 1 N–H and O–H groups in total. The molecule has 0 aliphatic carbocycles. The predicted octanol–water partition coefficient (Wildman–Crippen LogP) is 3.85. The van der Waals surface area contributed by atoms with Crippen molar-refractivity contribution in [1.29, 1.82) is 0 Å². The molecule has 3 aromatic rings. The Bertz CT molecular complexity index is 836. The van der Waals surface area contributed by atoms with Gasteiger partial charge in [-0.15, -0.1) is 0 Å². The molecule has 1 heterocycles. The Kier molecular flexibility index (Phi) is 3.51. The topological polar surface area (TPSA) is 55.1 Å². The number of carbonyl (C=O) groups is 1. The number of aromatic nitrogens is 2. The van der Waals surface area contributed by atoms with Crippen LogP contribution in [-0.4, -0.2) is 20.9 Å². The number of hydrogen-bond acceptors (Lipinski definition) is 2. The van der Waals surface area contributed by atoms with Crippen LogP contribution in [-0.2, 0) is 0 Å². The van der Waals surface area contributed by atoms with Gasteiger partial charge >= 0.3 is 5.97 Å². The fourth-order valence-corrected chi connectivity index (χ4v) is 2.54. The summed E-state index contributed by atoms with van der Waals surface area (Å²) in [4.78, 5) is 11.3. The van der Waals surface area contributed by atoms with E-state index in [0.717, 1.165) is 22.5 Å². The Balaban J connectivity index is 2.24. The van der Waals surface area contributed by atoms with Crippen molar-refractivity contribution in [2.24, 2.45) is 0 Å². The molecule has 0 saturated heterocycles. The van der Waals surface area contributed by atoms with Gasteiger partial charge in [-0.05, 0) is 37.6 Å². The molecule has 22 heavy (non-hydrogen) atoms. The Morgan fingerprint density at radius 2 is 1.77 bits per heavy atom. The zero-order chi connectivity index (χ0) is 15.7. The van der Waals surface area contributed by atoms with Gasteiger partial charge in [0, 0.05) is 5.56 Å². The van der Waals surface area contributed by atoms with Gasteiger partial charge in [-0.25, -0.2) is 9.48 Å². The number of para-hydroxylation sites is 1. The second-order valence-electron chi connectivity index (χ2n) is 5.29. The molecular formula is C18H16N2O2. The molecule has 4 nitrogen and oxygen atoms in total. The van der Waals surface area contributed by atoms with E-state index in [9.17, 15) is 9.90 Å². The lowest BCUT2D eigenvalue weighted by Gasteiger charge is -2.10. The first-order valence-electron chi connectivity index (χ1n) is 7.02. The van der Waals surface area contributed by atoms with Crippen LogP contribution in [0.5, 0.6) is 0 Å². The van der Waals surface area contributed by atoms with Crippen LogP contribution in [0.4, 0.5) is 0 Å². The Labute approximate surface area is 128 Å². The summed E-state index contributed by atoms with van der Waals surface area (Å²) in [6.07, 6.45) is 0. The molecule has 0 radical (unpaired) electrons. The van der Waals surface area contributed by atoms with E-state index in [0.29, 0.717) is 0 Å². The highest BCUT2D eigenvalue weighted by atomic mass is 16.4. The SMILES string of the molecule is Cc1ccc(-c2cc(C(=O)O)nn2-c2ccccc2)c(C)c1. The van der Waals surface area contributed by atoms with E-state index in [1.54, 1.807) is 10.7 Å². The van der Waals surface area contributed by atoms with Gasteiger partial charge in [0.05, 0.1) is 11.4 Å². The van der Waals surface area contributed by atoms with Crippen molar-refractivity contribution < 1.29 is 9.90 Å². The van der Waals surface area contributed by atoms with Gasteiger partial charge in [0.15, 0.2) is 5.69 Å². The third-order valence-corrected chi connectivity index (χ3v) is 3.59. The second-order valence-corrected chi connectivity index (χ2v) is 5.29. The highest BCUT2D eigenvalue weighted by Gasteiger charge is 2.17. The number of benzene rings is 2. The summed E-state index contributed by atoms with van der Waals surface area (Å²) in [5.41, 5.74) is 4.90. The summed E-state index contributed by atoms with van der Waals surface area (Å²) in [6.45, 7) is 4.05. The minimum absolute atomic E-state index is 0.0406. The lowest BCUT2D eigenvalue weighted by molar-refractivity contribution is 0.0690. The monoisotopic (exact) mass is 292 g/mol. The zero-order valence-electron chi connectivity index (χ0n) is 12.4. The molecular weight excluding hydrogens is 276 g/mol. The quantitative estimate of drug-likeness (QED) is 0.797. The van der Waals surface area contributed by atoms with Crippen molar-refractivity contribution in [2.75, 3.05) is 0 Å². The van der Waals surface area contributed by atoms with E-state index < -0.39 is 5.97 Å². The number of aromatic carboxylic acids is 1. The highest BCUT2D eigenvalue weighted by Crippen LogP contribution is 2.27. The molecule has 0 unspecified atom stereocenters. The van der Waals surface area contributed by atoms with E-state index in [1.165, 1.54) is 5.56 Å². The summed E-state index contributed by atoms with van der Waals surface area (Å²) < 4.78 is 1.68. The minimum atomic E-state index is -1.03. The lowest BCUT2D eigenvalue weighted by Crippen LogP contribution is -2.02. The second kappa shape index (κ2) is 5.48. The van der Waals surface area contributed by atoms with Crippen LogP contribution in [0.2, 0.25) is 0 Å². The molecule has 1 aromatic heterocycles. The van der Waals surface area contributed by atoms with Gasteiger partial charge in [0.2, 0.25) is 0 Å². The van der Waals surface area contributed by atoms with Gasteiger partial charge in [-0.3, -0.25) is 0 Å². The third-order valence-electron chi connectivity index (χ3n) is 3.59. The van der Waals surface area contributed by atoms with E-state index in [4.69, 9.17) is 0 Å². The van der Waals surface area contributed by atoms with Crippen LogP contribution in [0.15, 0.2) is 54.6 Å². The van der Waals surface area contributed by atoms with E-state index in [1.807, 2.05) is 56.3 Å². The van der Waals surface area contributed by atoms with Crippen molar-refractivity contribution in [3.05, 3.63) is 71.4 Å². The van der Waals surface area contributed by atoms with E-state index in [2.05, 4.69) is 11.2 Å². The predicted molar refractivity (Wildman–Crippen MR) is 85.4 cm³/mol. The molecule has 110 valence electrons. The largest absolute Gasteiger partial charge is 0.476 e. The Morgan fingerprint density at radius 3 is 2.41 bits per heavy atom. The molecule has 0 saturated carbocycles. The van der Waals surface area contributed by atoms with Crippen LogP contribution < -0.4 is 0 Å². The van der Waals surface area contributed by atoms with Crippen molar-refractivity contribution in [3.8, 4) is 16.9 Å². The number of carboxylic acids is 1. The first-order chi connectivity index (χ1) is 10.6. The number of rotatable bonds is 3. The molecule has 4 heteroatoms. The summed E-state index contributed by atoms with van der Waals surface area (Å²) >= 11 is 0. The first kappa shape index (κ1) is 14.1. The molecule has 0 bridgehead atoms. The molecule has 0 spiro atoms. The van der Waals surface area contributed by atoms with Crippen molar-refractivity contribution in [1.82, 2.24) is 9.78 Å². The van der Waals surface area contributed by atoms with Gasteiger partial charge in [0.25, 0.3) is 0 Å². The molecule has 2 aromatic carbocycles. The van der Waals surface area contributed by atoms with Crippen LogP contribution in [0.25, 0.3) is 16.9 Å². The van der Waals surface area contributed by atoms with Crippen LogP contribution in [0.3, 0.4) is 0 Å². The van der Waals surface area contributed by atoms with Crippen LogP contribution in [0.1, 0.15) is 21.6 Å². The fourth-order valence-electron chi connectivity index (χ4n) is 2.54. The van der Waals surface area contributed by atoms with Gasteiger partial charge in [0.1, 0.15) is 0 Å². The summed E-state index contributed by atoms with van der Waals surface area (Å²) in [6, 6.07) is 17.3. The third kappa shape index (κ3) is 2.51. The fraction of sp³-hybridized carbons (Fsp3) is 0.111. The molecule has 3 rings (SSSR count). The highest BCUT2D eigenvalue weighted by molar-refractivity contribution is 5.87. The Morgan fingerprint density at radius 1 is 1.05 bits per heavy atom. The summed E-state index contributed by atoms with van der Waals surface area (Å²) in [5.74, 6) is -1.03. The minimum Gasteiger partial charge on any atom is -0.476 e. The van der Waals surface area contributed by atoms with Crippen molar-refractivity contribution in [3.63, 3.8) is 0 Å². The molecule has 0 aliphatic rings. The average molecular weight is 292 g/mol. The Hall–Kier alpha value is -2.88. The number of nitrogens with zero attached hydrogens (tertiary/aromatic N) is 2. The van der Waals surface area contributed by atoms with Gasteiger partial charge in [-0.1, -0.05) is 42.0 Å². The molecule has 0 fully saturated rings. The van der Waals surface area contributed by atoms with Gasteiger partial charge < -0.3 is 5.11 Å². The maximum absolute atomic E-state index is 11.3. The number of carboxylic acid groups (broad SMARTS) is 1. The summed E-state index contributed by atoms with van der Waals surface area (Å²) in [5, 5.41) is 13.5. The summed E-state index contributed by atoms with van der Waals surface area (Å²) in [7, 11) is 0. The van der Waals surface area contributed by atoms with Crippen molar-refractivity contribution in [2.45, 2.75) is 13.8 Å². The molecule has 0 amide bonds. The van der Waals surface area contributed by atoms with E-state index >= 15 is 0 Å². The average Bonchev–Trinajstić information content (AvgIpc) is 2.93. The molecule has 0 atom stereocenters. The smallest absolute Gasteiger partial charge is 0.356 e. The first-order valence-corrected chi connectivity index (χ1v) is 7.02. The van der Waals surface area contributed by atoms with E-state index in [-0.39, 0.29) is 5.69 Å². The maximum atomic E-state index is 11.3. The standard InChI is InChI=1S/C18H16N2O2/c1-12-8-9-15(13(2)10-12)17-11-16(18(21)22)19-20(17)14-6-4-3-5-7-14/h3-11H,1-2H3,(H,21,22).